The first-order chi connectivity index (χ1) is 11.6. The molecule has 24 heavy (non-hydrogen) atoms. The molecular weight excluding hydrogens is 304 g/mol. The molecular formula is C20H34O4. The van der Waals surface area contributed by atoms with Crippen LogP contribution in [0.25, 0.3) is 0 Å². The minimum Gasteiger partial charge on any atom is -0.481 e. The summed E-state index contributed by atoms with van der Waals surface area (Å²) in [6.07, 6.45) is 21.2. The molecule has 0 amide bonds. The van der Waals surface area contributed by atoms with Crippen molar-refractivity contribution < 1.29 is 20.1 Å². The highest BCUT2D eigenvalue weighted by Crippen LogP contribution is 2.24. The van der Waals surface area contributed by atoms with Gasteiger partial charge in [-0.2, -0.15) is 0 Å². The van der Waals surface area contributed by atoms with E-state index in [0.29, 0.717) is 12.8 Å². The fourth-order valence-electron chi connectivity index (χ4n) is 2.36. The molecule has 0 aliphatic rings. The van der Waals surface area contributed by atoms with E-state index < -0.39 is 24.6 Å². The van der Waals surface area contributed by atoms with Crippen LogP contribution in [-0.2, 0) is 4.79 Å². The highest BCUT2D eigenvalue weighted by Gasteiger charge is 2.36. The number of hydrogen-bond donors (Lipinski definition) is 3. The van der Waals surface area contributed by atoms with Gasteiger partial charge in [-0.05, 0) is 38.5 Å². The molecule has 3 N–H and O–H groups in total. The molecule has 138 valence electrons. The van der Waals surface area contributed by atoms with Gasteiger partial charge in [0.15, 0.2) is 0 Å². The van der Waals surface area contributed by atoms with E-state index in [1.807, 2.05) is 0 Å². The summed E-state index contributed by atoms with van der Waals surface area (Å²) >= 11 is 0. The second-order valence-corrected chi connectivity index (χ2v) is 6.15. The number of rotatable bonds is 15. The molecule has 0 bridgehead atoms. The van der Waals surface area contributed by atoms with Crippen LogP contribution in [0.4, 0.5) is 0 Å². The number of carboxylic acids is 1. The number of aliphatic carboxylic acids is 1. The van der Waals surface area contributed by atoms with Crippen molar-refractivity contribution in [3.05, 3.63) is 36.5 Å². The number of carbonyl (C=O) groups is 1. The molecule has 0 spiro atoms. The normalized spacial score (nSPS) is 12.8. The number of unbranched alkanes of at least 4 members (excludes halogenated alkanes) is 4. The Balaban J connectivity index is 3.65. The summed E-state index contributed by atoms with van der Waals surface area (Å²) in [5.74, 6) is -1.12. The summed E-state index contributed by atoms with van der Waals surface area (Å²) in [6, 6.07) is 0. The highest BCUT2D eigenvalue weighted by atomic mass is 16.4. The van der Waals surface area contributed by atoms with E-state index in [4.69, 9.17) is 5.11 Å². The monoisotopic (exact) mass is 338 g/mol. The Labute approximate surface area is 146 Å². The third-order valence-electron chi connectivity index (χ3n) is 4.12. The van der Waals surface area contributed by atoms with Crippen LogP contribution in [0.15, 0.2) is 36.5 Å². The van der Waals surface area contributed by atoms with E-state index in [9.17, 15) is 15.0 Å². The van der Waals surface area contributed by atoms with Crippen molar-refractivity contribution in [2.45, 2.75) is 64.7 Å². The predicted molar refractivity (Wildman–Crippen MR) is 98.9 cm³/mol. The van der Waals surface area contributed by atoms with Crippen molar-refractivity contribution >= 4 is 5.97 Å². The zero-order valence-electron chi connectivity index (χ0n) is 15.0. The van der Waals surface area contributed by atoms with Gasteiger partial charge < -0.3 is 15.3 Å². The maximum absolute atomic E-state index is 11.1. The highest BCUT2D eigenvalue weighted by molar-refractivity contribution is 5.74. The maximum atomic E-state index is 11.1. The van der Waals surface area contributed by atoms with Crippen LogP contribution in [0.5, 0.6) is 0 Å². The summed E-state index contributed by atoms with van der Waals surface area (Å²) in [5.41, 5.74) is -1.38. The third kappa shape index (κ3) is 10.4. The van der Waals surface area contributed by atoms with E-state index in [0.717, 1.165) is 44.9 Å². The molecule has 0 aromatic heterocycles. The molecule has 0 radical (unpaired) electrons. The van der Waals surface area contributed by atoms with Crippen LogP contribution in [-0.4, -0.2) is 34.5 Å². The fraction of sp³-hybridized carbons (Fsp3) is 0.650. The lowest BCUT2D eigenvalue weighted by molar-refractivity contribution is -0.155. The molecule has 0 rings (SSSR count). The van der Waals surface area contributed by atoms with Crippen LogP contribution >= 0.6 is 0 Å². The van der Waals surface area contributed by atoms with Crippen molar-refractivity contribution in [3.63, 3.8) is 0 Å². The minimum atomic E-state index is -1.38. The topological polar surface area (TPSA) is 77.8 Å². The van der Waals surface area contributed by atoms with E-state index in [2.05, 4.69) is 43.4 Å². The first-order valence-electron chi connectivity index (χ1n) is 9.03. The SMILES string of the molecule is CCC=CCC=CCC=CCCCCCCC(CO)(CO)C(=O)O. The van der Waals surface area contributed by atoms with Crippen LogP contribution in [0.3, 0.4) is 0 Å². The molecule has 0 aliphatic carbocycles. The molecule has 0 fully saturated rings. The molecule has 0 heterocycles. The van der Waals surface area contributed by atoms with Crippen LogP contribution in [0, 0.1) is 5.41 Å². The molecule has 0 atom stereocenters. The Morgan fingerprint density at radius 2 is 1.38 bits per heavy atom. The van der Waals surface area contributed by atoms with Gasteiger partial charge in [0.1, 0.15) is 5.41 Å². The number of aliphatic hydroxyl groups is 2. The summed E-state index contributed by atoms with van der Waals surface area (Å²) in [5, 5.41) is 27.5. The fourth-order valence-corrected chi connectivity index (χ4v) is 2.36. The Morgan fingerprint density at radius 3 is 1.92 bits per heavy atom. The van der Waals surface area contributed by atoms with Gasteiger partial charge in [0, 0.05) is 0 Å². The Bertz CT molecular complexity index is 392. The minimum absolute atomic E-state index is 0.322. The zero-order chi connectivity index (χ0) is 18.1. The van der Waals surface area contributed by atoms with Gasteiger partial charge in [0.05, 0.1) is 13.2 Å². The smallest absolute Gasteiger partial charge is 0.314 e. The molecule has 0 saturated heterocycles. The molecule has 0 saturated carbocycles. The van der Waals surface area contributed by atoms with Gasteiger partial charge in [-0.1, -0.05) is 62.6 Å². The van der Waals surface area contributed by atoms with Gasteiger partial charge in [0.2, 0.25) is 0 Å². The molecule has 0 unspecified atom stereocenters. The average molecular weight is 338 g/mol. The molecule has 0 aliphatic heterocycles. The van der Waals surface area contributed by atoms with Gasteiger partial charge >= 0.3 is 5.97 Å². The lowest BCUT2D eigenvalue weighted by Crippen LogP contribution is -2.38. The quantitative estimate of drug-likeness (QED) is 0.308. The van der Waals surface area contributed by atoms with Gasteiger partial charge in [-0.3, -0.25) is 4.79 Å². The number of carboxylic acid groups (broad SMARTS) is 1. The second-order valence-electron chi connectivity index (χ2n) is 6.15. The van der Waals surface area contributed by atoms with E-state index in [1.54, 1.807) is 0 Å². The second kappa shape index (κ2) is 15.2. The lowest BCUT2D eigenvalue weighted by Gasteiger charge is -2.24. The first-order valence-corrected chi connectivity index (χ1v) is 9.03. The summed E-state index contributed by atoms with van der Waals surface area (Å²) in [4.78, 5) is 11.1. The summed E-state index contributed by atoms with van der Waals surface area (Å²) in [6.45, 7) is 1.11. The van der Waals surface area contributed by atoms with Crippen molar-refractivity contribution in [2.75, 3.05) is 13.2 Å². The largest absolute Gasteiger partial charge is 0.481 e. The zero-order valence-corrected chi connectivity index (χ0v) is 15.0. The van der Waals surface area contributed by atoms with Gasteiger partial charge in [-0.25, -0.2) is 0 Å². The average Bonchev–Trinajstić information content (AvgIpc) is 2.58. The van der Waals surface area contributed by atoms with Crippen molar-refractivity contribution in [3.8, 4) is 0 Å². The Morgan fingerprint density at radius 1 is 0.833 bits per heavy atom. The number of hydrogen-bond acceptors (Lipinski definition) is 3. The van der Waals surface area contributed by atoms with Crippen molar-refractivity contribution in [2.24, 2.45) is 5.41 Å². The molecule has 0 aromatic carbocycles. The third-order valence-corrected chi connectivity index (χ3v) is 4.12. The Kier molecular flexibility index (Phi) is 14.3. The summed E-state index contributed by atoms with van der Waals surface area (Å²) < 4.78 is 0. The van der Waals surface area contributed by atoms with E-state index in [-0.39, 0.29) is 0 Å². The molecule has 4 heteroatoms. The standard InChI is InChI=1S/C20H34O4/c1-2-3-4-5-6-7-8-9-10-11-12-13-14-15-16-20(17-21,18-22)19(23)24/h3-4,6-7,9-10,21-22H,2,5,8,11-18H2,1H3,(H,23,24). The van der Waals surface area contributed by atoms with E-state index >= 15 is 0 Å². The van der Waals surface area contributed by atoms with Crippen LogP contribution in [0.1, 0.15) is 64.7 Å². The van der Waals surface area contributed by atoms with Crippen molar-refractivity contribution in [1.29, 1.82) is 0 Å². The molecule has 4 nitrogen and oxygen atoms in total. The van der Waals surface area contributed by atoms with E-state index in [1.165, 1.54) is 0 Å². The van der Waals surface area contributed by atoms with Gasteiger partial charge in [0.25, 0.3) is 0 Å². The summed E-state index contributed by atoms with van der Waals surface area (Å²) in [7, 11) is 0. The van der Waals surface area contributed by atoms with Crippen LogP contribution in [0.2, 0.25) is 0 Å². The van der Waals surface area contributed by atoms with Crippen molar-refractivity contribution in [1.82, 2.24) is 0 Å². The van der Waals surface area contributed by atoms with Crippen LogP contribution < -0.4 is 0 Å². The molecule has 0 aromatic rings. The maximum Gasteiger partial charge on any atom is 0.314 e. The lowest BCUT2D eigenvalue weighted by atomic mass is 9.84. The first kappa shape index (κ1) is 22.6. The van der Waals surface area contributed by atoms with Gasteiger partial charge in [-0.15, -0.1) is 0 Å². The number of aliphatic hydroxyl groups excluding tert-OH is 2. The Hall–Kier alpha value is -1.39. The number of allylic oxidation sites excluding steroid dienone is 6. The predicted octanol–water partition coefficient (Wildman–Crippen LogP) is 4.24.